The minimum absolute atomic E-state index is 0.0253. The summed E-state index contributed by atoms with van der Waals surface area (Å²) < 4.78 is 19.1. The van der Waals surface area contributed by atoms with Crippen molar-refractivity contribution in [3.8, 4) is 39.5 Å². The number of ether oxygens (including phenoxy) is 3. The Labute approximate surface area is 331 Å². The van der Waals surface area contributed by atoms with Gasteiger partial charge in [-0.05, 0) is 63.4 Å². The molecule has 0 radical (unpaired) electrons. The van der Waals surface area contributed by atoms with Gasteiger partial charge in [0.15, 0.2) is 0 Å². The maximum atomic E-state index is 13.3. The summed E-state index contributed by atoms with van der Waals surface area (Å²) in [4.78, 5) is 36.3. The maximum Gasteiger partial charge on any atom is 0.410 e. The van der Waals surface area contributed by atoms with Crippen LogP contribution in [-0.4, -0.2) is 76.0 Å². The minimum Gasteiger partial charge on any atom is -0.481 e. The van der Waals surface area contributed by atoms with E-state index in [4.69, 9.17) is 47.4 Å². The fourth-order valence-electron chi connectivity index (χ4n) is 7.09. The Kier molecular flexibility index (Phi) is 11.4. The van der Waals surface area contributed by atoms with Crippen molar-refractivity contribution >= 4 is 46.1 Å². The van der Waals surface area contributed by atoms with Crippen LogP contribution in [0.1, 0.15) is 51.2 Å². The molecule has 2 N–H and O–H groups in total. The first-order valence-electron chi connectivity index (χ1n) is 18.5. The Morgan fingerprint density at radius 2 is 1.84 bits per heavy atom. The van der Waals surface area contributed by atoms with Crippen molar-refractivity contribution in [2.45, 2.75) is 70.9 Å². The Bertz CT molecular complexity index is 2230. The highest BCUT2D eigenvalue weighted by atomic mass is 35.5. The fraction of sp³-hybridized carbons (Fsp3) is 0.381. The Morgan fingerprint density at radius 3 is 2.55 bits per heavy atom. The van der Waals surface area contributed by atoms with E-state index in [1.807, 2.05) is 64.2 Å². The van der Waals surface area contributed by atoms with Gasteiger partial charge in [0.25, 0.3) is 0 Å². The molecule has 2 saturated heterocycles. The van der Waals surface area contributed by atoms with E-state index in [0.717, 1.165) is 48.3 Å². The Balaban J connectivity index is 1.14. The average Bonchev–Trinajstić information content (AvgIpc) is 3.69. The molecule has 55 heavy (non-hydrogen) atoms. The number of carbonyl (C=O) groups excluding carboxylic acids is 2. The van der Waals surface area contributed by atoms with E-state index in [1.54, 1.807) is 11.1 Å². The SMILES string of the molecule is COc1nc(-c2cccc(-c3ccnc(-c4ccc5c(CNC[C@@H]6CCO6)cn(C)c5c4)c3Cl)c2Cl)ccc1CN(C[C@@H]1CCC(=O)N1)C(=O)OC(C)(C)C. The van der Waals surface area contributed by atoms with Gasteiger partial charge in [0, 0.05) is 96.9 Å². The second-order valence-corrected chi connectivity index (χ2v) is 15.9. The van der Waals surface area contributed by atoms with Crippen molar-refractivity contribution < 1.29 is 23.8 Å². The molecule has 0 spiro atoms. The van der Waals surface area contributed by atoms with Gasteiger partial charge in [-0.2, -0.15) is 0 Å². The molecule has 0 aliphatic carbocycles. The van der Waals surface area contributed by atoms with Crippen LogP contribution in [0.3, 0.4) is 0 Å². The number of aromatic nitrogens is 3. The third-order valence-electron chi connectivity index (χ3n) is 9.95. The third-order valence-corrected chi connectivity index (χ3v) is 10.7. The van der Waals surface area contributed by atoms with Gasteiger partial charge in [-0.1, -0.05) is 53.5 Å². The smallest absolute Gasteiger partial charge is 0.410 e. The molecule has 5 aromatic rings. The number of methoxy groups -OCH3 is 1. The number of amides is 2. The number of benzene rings is 2. The van der Waals surface area contributed by atoms with Crippen molar-refractivity contribution in [1.82, 2.24) is 30.1 Å². The molecule has 2 aliphatic rings. The Morgan fingerprint density at radius 1 is 1.05 bits per heavy atom. The van der Waals surface area contributed by atoms with E-state index in [9.17, 15) is 9.59 Å². The number of aryl methyl sites for hydroxylation is 1. The number of fused-ring (bicyclic) bond motifs is 1. The topological polar surface area (TPSA) is 120 Å². The largest absolute Gasteiger partial charge is 0.481 e. The molecule has 288 valence electrons. The lowest BCUT2D eigenvalue weighted by Crippen LogP contribution is -2.43. The molecule has 0 bridgehead atoms. The van der Waals surface area contributed by atoms with Gasteiger partial charge in [-0.25, -0.2) is 9.78 Å². The van der Waals surface area contributed by atoms with Crippen LogP contribution in [0, 0.1) is 0 Å². The van der Waals surface area contributed by atoms with E-state index in [2.05, 4.69) is 39.6 Å². The summed E-state index contributed by atoms with van der Waals surface area (Å²) in [5.74, 6) is 0.317. The van der Waals surface area contributed by atoms with Crippen LogP contribution in [0.15, 0.2) is 67.0 Å². The zero-order valence-electron chi connectivity index (χ0n) is 31.7. The number of hydrogen-bond donors (Lipinski definition) is 2. The lowest BCUT2D eigenvalue weighted by atomic mass is 9.99. The summed E-state index contributed by atoms with van der Waals surface area (Å²) in [5, 5.41) is 8.59. The predicted octanol–water partition coefficient (Wildman–Crippen LogP) is 8.18. The van der Waals surface area contributed by atoms with Crippen molar-refractivity contribution in [2.75, 3.05) is 26.8 Å². The van der Waals surface area contributed by atoms with E-state index in [0.29, 0.717) is 63.9 Å². The fourth-order valence-corrected chi connectivity index (χ4v) is 7.74. The molecule has 2 atom stereocenters. The van der Waals surface area contributed by atoms with Crippen LogP contribution in [-0.2, 0) is 34.4 Å². The summed E-state index contributed by atoms with van der Waals surface area (Å²) in [6, 6.07) is 17.5. The summed E-state index contributed by atoms with van der Waals surface area (Å²) in [7, 11) is 3.59. The molecule has 0 saturated carbocycles. The molecule has 2 fully saturated rings. The quantitative estimate of drug-likeness (QED) is 0.130. The number of carbonyl (C=O) groups is 2. The predicted molar refractivity (Wildman–Crippen MR) is 215 cm³/mol. The monoisotopic (exact) mass is 784 g/mol. The van der Waals surface area contributed by atoms with E-state index in [-0.39, 0.29) is 18.5 Å². The third kappa shape index (κ3) is 8.60. The van der Waals surface area contributed by atoms with Gasteiger partial charge in [0.05, 0.1) is 41.2 Å². The molecule has 2 aromatic carbocycles. The first-order valence-corrected chi connectivity index (χ1v) is 19.3. The van der Waals surface area contributed by atoms with Gasteiger partial charge >= 0.3 is 6.09 Å². The summed E-state index contributed by atoms with van der Waals surface area (Å²) in [6.45, 7) is 8.38. The zero-order chi connectivity index (χ0) is 38.9. The van der Waals surface area contributed by atoms with E-state index >= 15 is 0 Å². The molecular weight excluding hydrogens is 739 g/mol. The second kappa shape index (κ2) is 16.2. The highest BCUT2D eigenvalue weighted by molar-refractivity contribution is 6.39. The van der Waals surface area contributed by atoms with Gasteiger partial charge in [-0.3, -0.25) is 9.78 Å². The first kappa shape index (κ1) is 38.6. The standard InChI is InChI=1S/C42H46Cl2N6O5/c1-42(2,3)55-41(52)50(24-28-11-14-36(51)47-28)23-26-10-13-34(48-40(26)53-5)33-8-6-7-31(37(33)43)32-15-17-46-39(38(32)44)25-9-12-30-27(22-49(4)35(30)19-25)20-45-21-29-16-18-54-29/h6-10,12-13,15,17,19,22,28-29,45H,11,14,16,18,20-21,23-24H2,1-5H3,(H,47,51)/t28-,29-/m0/s1. The summed E-state index contributed by atoms with van der Waals surface area (Å²) in [6.07, 6.45) is 5.90. The van der Waals surface area contributed by atoms with Crippen molar-refractivity contribution in [3.05, 3.63) is 88.2 Å². The number of hydrogen-bond acceptors (Lipinski definition) is 8. The average molecular weight is 786 g/mol. The normalized spacial score (nSPS) is 16.9. The van der Waals surface area contributed by atoms with Gasteiger partial charge in [0.2, 0.25) is 11.8 Å². The molecule has 5 heterocycles. The zero-order valence-corrected chi connectivity index (χ0v) is 33.3. The maximum absolute atomic E-state index is 13.3. The number of nitrogens with one attached hydrogen (secondary N) is 2. The molecule has 7 rings (SSSR count). The number of pyridine rings is 2. The molecule has 3 aromatic heterocycles. The lowest BCUT2D eigenvalue weighted by Gasteiger charge is -2.29. The van der Waals surface area contributed by atoms with Crippen LogP contribution >= 0.6 is 23.2 Å². The first-order chi connectivity index (χ1) is 26.4. The number of rotatable bonds is 12. The van der Waals surface area contributed by atoms with Crippen molar-refractivity contribution in [1.29, 1.82) is 0 Å². The van der Waals surface area contributed by atoms with E-state index in [1.165, 1.54) is 18.1 Å². The van der Waals surface area contributed by atoms with Crippen molar-refractivity contribution in [3.63, 3.8) is 0 Å². The minimum atomic E-state index is -0.692. The highest BCUT2D eigenvalue weighted by Gasteiger charge is 2.29. The number of nitrogens with zero attached hydrogens (tertiary/aromatic N) is 4. The second-order valence-electron chi connectivity index (χ2n) is 15.1. The summed E-state index contributed by atoms with van der Waals surface area (Å²) >= 11 is 14.3. The van der Waals surface area contributed by atoms with Gasteiger partial charge < -0.3 is 34.3 Å². The molecular formula is C42H46Cl2N6O5. The molecule has 0 unspecified atom stereocenters. The Hall–Kier alpha value is -4.68. The molecule has 13 heteroatoms. The van der Waals surface area contributed by atoms with Crippen LogP contribution in [0.4, 0.5) is 4.79 Å². The molecule has 2 amide bonds. The molecule has 11 nitrogen and oxygen atoms in total. The van der Waals surface area contributed by atoms with Crippen LogP contribution in [0.2, 0.25) is 10.0 Å². The van der Waals surface area contributed by atoms with Gasteiger partial charge in [0.1, 0.15) is 5.60 Å². The van der Waals surface area contributed by atoms with Crippen LogP contribution in [0.5, 0.6) is 5.88 Å². The van der Waals surface area contributed by atoms with Crippen molar-refractivity contribution in [2.24, 2.45) is 7.05 Å². The summed E-state index contributed by atoms with van der Waals surface area (Å²) in [5.41, 5.74) is 6.59. The lowest BCUT2D eigenvalue weighted by molar-refractivity contribution is -0.119. The van der Waals surface area contributed by atoms with Crippen LogP contribution in [0.25, 0.3) is 44.5 Å². The number of halogens is 2. The van der Waals surface area contributed by atoms with Gasteiger partial charge in [-0.15, -0.1) is 0 Å². The van der Waals surface area contributed by atoms with E-state index < -0.39 is 11.7 Å². The van der Waals surface area contributed by atoms with Crippen LogP contribution < -0.4 is 15.4 Å². The molecule has 2 aliphatic heterocycles. The highest BCUT2D eigenvalue weighted by Crippen LogP contribution is 2.42.